The average Bonchev–Trinajstić information content (AvgIpc) is 2.83. The summed E-state index contributed by atoms with van der Waals surface area (Å²) in [5.41, 5.74) is 0. The second-order valence-electron chi connectivity index (χ2n) is 5.46. The number of rotatable bonds is 9. The van der Waals surface area contributed by atoms with Crippen molar-refractivity contribution in [2.24, 2.45) is 0 Å². The highest BCUT2D eigenvalue weighted by Crippen LogP contribution is 2.06. The van der Waals surface area contributed by atoms with Crippen molar-refractivity contribution in [3.05, 3.63) is 0 Å². The maximum absolute atomic E-state index is 11.5. The molecule has 1 aliphatic rings. The van der Waals surface area contributed by atoms with E-state index in [9.17, 15) is 4.79 Å². The molecule has 0 radical (unpaired) electrons. The van der Waals surface area contributed by atoms with Crippen LogP contribution in [0.1, 0.15) is 46.0 Å². The number of nitrogens with one attached hydrogen (secondary N) is 2. The van der Waals surface area contributed by atoms with E-state index in [4.69, 9.17) is 0 Å². The lowest BCUT2D eigenvalue weighted by molar-refractivity contribution is -0.121. The maximum atomic E-state index is 11.5. The van der Waals surface area contributed by atoms with Crippen LogP contribution in [0.4, 0.5) is 0 Å². The monoisotopic (exact) mass is 255 g/mol. The summed E-state index contributed by atoms with van der Waals surface area (Å²) in [6.07, 6.45) is 5.33. The van der Waals surface area contributed by atoms with E-state index in [1.165, 1.54) is 25.9 Å². The molecule has 4 nitrogen and oxygen atoms in total. The van der Waals surface area contributed by atoms with Gasteiger partial charge in [0.2, 0.25) is 5.91 Å². The lowest BCUT2D eigenvalue weighted by atomic mass is 10.2. The van der Waals surface area contributed by atoms with E-state index >= 15 is 0 Å². The zero-order valence-electron chi connectivity index (χ0n) is 12.0. The SMILES string of the molecule is CC(C)NCCCC(=O)NCCCN1CCCC1. The average molecular weight is 255 g/mol. The zero-order chi connectivity index (χ0) is 13.2. The lowest BCUT2D eigenvalue weighted by Gasteiger charge is -2.14. The Balaban J connectivity index is 1.87. The summed E-state index contributed by atoms with van der Waals surface area (Å²) in [5, 5.41) is 6.32. The Labute approximate surface area is 111 Å². The molecule has 0 bridgehead atoms. The predicted octanol–water partition coefficient (Wildman–Crippen LogP) is 1.37. The van der Waals surface area contributed by atoms with Crippen LogP contribution in [-0.2, 0) is 4.79 Å². The Morgan fingerprint density at radius 2 is 1.89 bits per heavy atom. The van der Waals surface area contributed by atoms with E-state index in [0.29, 0.717) is 12.5 Å². The number of carbonyl (C=O) groups is 1. The fourth-order valence-electron chi connectivity index (χ4n) is 2.26. The molecule has 1 heterocycles. The van der Waals surface area contributed by atoms with Crippen molar-refractivity contribution in [2.45, 2.75) is 52.0 Å². The quantitative estimate of drug-likeness (QED) is 0.612. The van der Waals surface area contributed by atoms with Crippen LogP contribution in [0.2, 0.25) is 0 Å². The van der Waals surface area contributed by atoms with E-state index in [1.807, 2.05) is 0 Å². The second-order valence-corrected chi connectivity index (χ2v) is 5.46. The van der Waals surface area contributed by atoms with Gasteiger partial charge in [-0.1, -0.05) is 13.8 Å². The first-order chi connectivity index (χ1) is 8.68. The summed E-state index contributed by atoms with van der Waals surface area (Å²) < 4.78 is 0. The minimum Gasteiger partial charge on any atom is -0.356 e. The molecule has 4 heteroatoms. The standard InChI is InChI=1S/C14H29N3O/c1-13(2)15-8-5-7-14(18)16-9-6-12-17-10-3-4-11-17/h13,15H,3-12H2,1-2H3,(H,16,18). The van der Waals surface area contributed by atoms with E-state index in [1.54, 1.807) is 0 Å². The van der Waals surface area contributed by atoms with Gasteiger partial charge in [0.25, 0.3) is 0 Å². The number of amides is 1. The van der Waals surface area contributed by atoms with Gasteiger partial charge in [-0.25, -0.2) is 0 Å². The fourth-order valence-corrected chi connectivity index (χ4v) is 2.26. The third-order valence-corrected chi connectivity index (χ3v) is 3.31. The van der Waals surface area contributed by atoms with Gasteiger partial charge in [0.15, 0.2) is 0 Å². The van der Waals surface area contributed by atoms with E-state index in [-0.39, 0.29) is 5.91 Å². The van der Waals surface area contributed by atoms with Crippen molar-refractivity contribution >= 4 is 5.91 Å². The zero-order valence-corrected chi connectivity index (χ0v) is 12.0. The highest BCUT2D eigenvalue weighted by atomic mass is 16.1. The molecule has 1 saturated heterocycles. The molecule has 0 spiro atoms. The molecule has 0 saturated carbocycles. The van der Waals surface area contributed by atoms with Gasteiger partial charge in [0, 0.05) is 19.0 Å². The maximum Gasteiger partial charge on any atom is 0.220 e. The first-order valence-corrected chi connectivity index (χ1v) is 7.41. The number of likely N-dealkylation sites (tertiary alicyclic amines) is 1. The molecule has 0 atom stereocenters. The van der Waals surface area contributed by atoms with Gasteiger partial charge in [0.1, 0.15) is 0 Å². The molecule has 106 valence electrons. The van der Waals surface area contributed by atoms with Gasteiger partial charge in [-0.3, -0.25) is 4.79 Å². The molecular formula is C14H29N3O. The number of hydrogen-bond donors (Lipinski definition) is 2. The van der Waals surface area contributed by atoms with Crippen LogP contribution in [0.15, 0.2) is 0 Å². The molecule has 2 N–H and O–H groups in total. The Morgan fingerprint density at radius 3 is 2.56 bits per heavy atom. The van der Waals surface area contributed by atoms with Crippen molar-refractivity contribution in [1.29, 1.82) is 0 Å². The molecule has 1 fully saturated rings. The van der Waals surface area contributed by atoms with Crippen LogP contribution in [0.5, 0.6) is 0 Å². The molecular weight excluding hydrogens is 226 g/mol. The fraction of sp³-hybridized carbons (Fsp3) is 0.929. The molecule has 1 amide bonds. The van der Waals surface area contributed by atoms with E-state index < -0.39 is 0 Å². The topological polar surface area (TPSA) is 44.4 Å². The van der Waals surface area contributed by atoms with Crippen LogP contribution in [0, 0.1) is 0 Å². The Bertz CT molecular complexity index is 225. The molecule has 0 aliphatic carbocycles. The summed E-state index contributed by atoms with van der Waals surface area (Å²) in [6, 6.07) is 0.508. The van der Waals surface area contributed by atoms with E-state index in [2.05, 4.69) is 29.4 Å². The first kappa shape index (κ1) is 15.4. The molecule has 0 aromatic carbocycles. The third-order valence-electron chi connectivity index (χ3n) is 3.31. The Morgan fingerprint density at radius 1 is 1.17 bits per heavy atom. The summed E-state index contributed by atoms with van der Waals surface area (Å²) in [5.74, 6) is 0.196. The van der Waals surface area contributed by atoms with Crippen molar-refractivity contribution in [2.75, 3.05) is 32.7 Å². The summed E-state index contributed by atoms with van der Waals surface area (Å²) in [7, 11) is 0. The van der Waals surface area contributed by atoms with Gasteiger partial charge < -0.3 is 15.5 Å². The first-order valence-electron chi connectivity index (χ1n) is 7.41. The molecule has 0 aromatic rings. The Kier molecular flexibility index (Phi) is 8.01. The van der Waals surface area contributed by atoms with Gasteiger partial charge in [0.05, 0.1) is 0 Å². The van der Waals surface area contributed by atoms with Crippen molar-refractivity contribution in [1.82, 2.24) is 15.5 Å². The smallest absolute Gasteiger partial charge is 0.220 e. The van der Waals surface area contributed by atoms with Crippen molar-refractivity contribution in [3.63, 3.8) is 0 Å². The van der Waals surface area contributed by atoms with Crippen LogP contribution in [0.25, 0.3) is 0 Å². The van der Waals surface area contributed by atoms with Crippen LogP contribution >= 0.6 is 0 Å². The van der Waals surface area contributed by atoms with Crippen molar-refractivity contribution in [3.8, 4) is 0 Å². The van der Waals surface area contributed by atoms with E-state index in [0.717, 1.165) is 32.5 Å². The highest BCUT2D eigenvalue weighted by Gasteiger charge is 2.10. The number of hydrogen-bond acceptors (Lipinski definition) is 3. The lowest BCUT2D eigenvalue weighted by Crippen LogP contribution is -2.29. The molecule has 1 aliphatic heterocycles. The van der Waals surface area contributed by atoms with Gasteiger partial charge in [-0.05, 0) is 51.9 Å². The molecule has 1 rings (SSSR count). The molecule has 0 aromatic heterocycles. The van der Waals surface area contributed by atoms with Crippen LogP contribution < -0.4 is 10.6 Å². The van der Waals surface area contributed by atoms with Crippen molar-refractivity contribution < 1.29 is 4.79 Å². The van der Waals surface area contributed by atoms with Crippen LogP contribution in [0.3, 0.4) is 0 Å². The number of nitrogens with zero attached hydrogens (tertiary/aromatic N) is 1. The largest absolute Gasteiger partial charge is 0.356 e. The molecule has 18 heavy (non-hydrogen) atoms. The molecule has 0 unspecified atom stereocenters. The second kappa shape index (κ2) is 9.34. The van der Waals surface area contributed by atoms with Crippen LogP contribution in [-0.4, -0.2) is 49.6 Å². The normalized spacial score (nSPS) is 16.4. The van der Waals surface area contributed by atoms with Gasteiger partial charge in [-0.15, -0.1) is 0 Å². The summed E-state index contributed by atoms with van der Waals surface area (Å²) in [4.78, 5) is 14.0. The highest BCUT2D eigenvalue weighted by molar-refractivity contribution is 5.75. The summed E-state index contributed by atoms with van der Waals surface area (Å²) in [6.45, 7) is 9.63. The predicted molar refractivity (Wildman–Crippen MR) is 75.7 cm³/mol. The summed E-state index contributed by atoms with van der Waals surface area (Å²) >= 11 is 0. The third kappa shape index (κ3) is 7.67. The number of carbonyl (C=O) groups excluding carboxylic acids is 1. The van der Waals surface area contributed by atoms with Gasteiger partial charge >= 0.3 is 0 Å². The Hall–Kier alpha value is -0.610. The minimum atomic E-state index is 0.196. The van der Waals surface area contributed by atoms with Gasteiger partial charge in [-0.2, -0.15) is 0 Å². The minimum absolute atomic E-state index is 0.196.